The van der Waals surface area contributed by atoms with Gasteiger partial charge in [-0.1, -0.05) is 26.0 Å². The molecule has 6 nitrogen and oxygen atoms in total. The van der Waals surface area contributed by atoms with E-state index in [1.807, 2.05) is 24.3 Å². The van der Waals surface area contributed by atoms with Crippen molar-refractivity contribution < 1.29 is 17.9 Å². The van der Waals surface area contributed by atoms with E-state index >= 15 is 0 Å². The van der Waals surface area contributed by atoms with Gasteiger partial charge in [0.2, 0.25) is 10.0 Å². The minimum atomic E-state index is -3.51. The Morgan fingerprint density at radius 1 is 1.07 bits per heavy atom. The Hall–Kier alpha value is -2.38. The van der Waals surface area contributed by atoms with Gasteiger partial charge in [0.1, 0.15) is 5.75 Å². The number of sulfonamides is 1. The van der Waals surface area contributed by atoms with Crippen LogP contribution in [0.5, 0.6) is 5.75 Å². The first-order valence-electron chi connectivity index (χ1n) is 8.93. The number of hydrogen-bond donors (Lipinski definition) is 1. The highest BCUT2D eigenvalue weighted by atomic mass is 32.2. The first-order valence-corrected chi connectivity index (χ1v) is 10.4. The molecular weight excluding hydrogens is 364 g/mol. The first kappa shape index (κ1) is 20.9. The van der Waals surface area contributed by atoms with Crippen molar-refractivity contribution in [2.45, 2.75) is 25.2 Å². The van der Waals surface area contributed by atoms with Crippen molar-refractivity contribution in [3.8, 4) is 5.75 Å². The summed E-state index contributed by atoms with van der Waals surface area (Å²) in [6.45, 7) is 4.89. The highest BCUT2D eigenvalue weighted by molar-refractivity contribution is 7.89. The maximum Gasteiger partial charge on any atom is 0.251 e. The van der Waals surface area contributed by atoms with Crippen molar-refractivity contribution >= 4 is 15.9 Å². The number of nitrogens with zero attached hydrogens (tertiary/aromatic N) is 1. The highest BCUT2D eigenvalue weighted by Gasteiger charge is 2.21. The SMILES string of the molecule is CCN(CC)S(=O)(=O)c1ccc(C(=O)NCCc2cccc(OC)c2)cc1. The lowest BCUT2D eigenvalue weighted by Crippen LogP contribution is -2.30. The predicted octanol–water partition coefficient (Wildman–Crippen LogP) is 2.70. The van der Waals surface area contributed by atoms with E-state index in [1.165, 1.54) is 28.6 Å². The molecule has 0 aliphatic rings. The van der Waals surface area contributed by atoms with Gasteiger partial charge in [0, 0.05) is 25.2 Å². The molecule has 0 atom stereocenters. The number of amides is 1. The average molecular weight is 391 g/mol. The van der Waals surface area contributed by atoms with Gasteiger partial charge in [0.15, 0.2) is 0 Å². The Bertz CT molecular complexity index is 860. The quantitative estimate of drug-likeness (QED) is 0.714. The number of carbonyl (C=O) groups excluding carboxylic acids is 1. The van der Waals surface area contributed by atoms with Gasteiger partial charge in [-0.25, -0.2) is 8.42 Å². The van der Waals surface area contributed by atoms with Crippen LogP contribution in [0.25, 0.3) is 0 Å². The number of benzene rings is 2. The molecule has 0 spiro atoms. The lowest BCUT2D eigenvalue weighted by atomic mass is 10.1. The Labute approximate surface area is 161 Å². The van der Waals surface area contributed by atoms with E-state index in [2.05, 4.69) is 5.32 Å². The molecule has 0 aliphatic carbocycles. The van der Waals surface area contributed by atoms with Gasteiger partial charge in [-0.3, -0.25) is 4.79 Å². The van der Waals surface area contributed by atoms with Crippen LogP contribution < -0.4 is 10.1 Å². The third-order valence-electron chi connectivity index (χ3n) is 4.29. The van der Waals surface area contributed by atoms with E-state index in [9.17, 15) is 13.2 Å². The van der Waals surface area contributed by atoms with E-state index in [1.54, 1.807) is 21.0 Å². The van der Waals surface area contributed by atoms with Crippen LogP contribution in [0.1, 0.15) is 29.8 Å². The number of hydrogen-bond acceptors (Lipinski definition) is 4. The molecule has 2 aromatic carbocycles. The molecule has 27 heavy (non-hydrogen) atoms. The molecule has 0 radical (unpaired) electrons. The zero-order valence-corrected chi connectivity index (χ0v) is 16.8. The fourth-order valence-electron chi connectivity index (χ4n) is 2.74. The number of ether oxygens (including phenoxy) is 1. The Morgan fingerprint density at radius 3 is 2.33 bits per heavy atom. The van der Waals surface area contributed by atoms with E-state index in [-0.39, 0.29) is 10.8 Å². The third-order valence-corrected chi connectivity index (χ3v) is 6.36. The minimum Gasteiger partial charge on any atom is -0.497 e. The van der Waals surface area contributed by atoms with Crippen LogP contribution >= 0.6 is 0 Å². The Balaban J connectivity index is 1.97. The molecule has 2 aromatic rings. The molecule has 1 amide bonds. The summed E-state index contributed by atoms with van der Waals surface area (Å²) >= 11 is 0. The van der Waals surface area contributed by atoms with Crippen molar-refractivity contribution in [2.75, 3.05) is 26.7 Å². The van der Waals surface area contributed by atoms with Gasteiger partial charge in [0.25, 0.3) is 5.91 Å². The summed E-state index contributed by atoms with van der Waals surface area (Å²) in [6.07, 6.45) is 0.678. The van der Waals surface area contributed by atoms with Crippen LogP contribution in [0.2, 0.25) is 0 Å². The summed E-state index contributed by atoms with van der Waals surface area (Å²) in [5.41, 5.74) is 1.49. The van der Waals surface area contributed by atoms with Gasteiger partial charge in [-0.15, -0.1) is 0 Å². The molecule has 0 unspecified atom stereocenters. The van der Waals surface area contributed by atoms with Gasteiger partial charge in [-0.05, 0) is 48.4 Å². The second-order valence-electron chi connectivity index (χ2n) is 5.97. The lowest BCUT2D eigenvalue weighted by molar-refractivity contribution is 0.0954. The Morgan fingerprint density at radius 2 is 1.74 bits per heavy atom. The molecule has 0 aliphatic heterocycles. The van der Waals surface area contributed by atoms with Crippen molar-refractivity contribution in [1.82, 2.24) is 9.62 Å². The zero-order chi connectivity index (χ0) is 19.9. The average Bonchev–Trinajstić information content (AvgIpc) is 2.69. The van der Waals surface area contributed by atoms with E-state index < -0.39 is 10.0 Å². The third kappa shape index (κ3) is 5.30. The maximum atomic E-state index is 12.5. The van der Waals surface area contributed by atoms with Crippen LogP contribution in [0, 0.1) is 0 Å². The minimum absolute atomic E-state index is 0.194. The summed E-state index contributed by atoms with van der Waals surface area (Å²) in [7, 11) is -1.90. The highest BCUT2D eigenvalue weighted by Crippen LogP contribution is 2.16. The van der Waals surface area contributed by atoms with Gasteiger partial charge in [-0.2, -0.15) is 4.31 Å². The fourth-order valence-corrected chi connectivity index (χ4v) is 4.20. The molecule has 0 bridgehead atoms. The van der Waals surface area contributed by atoms with Gasteiger partial charge >= 0.3 is 0 Å². The second kappa shape index (κ2) is 9.53. The monoisotopic (exact) mass is 390 g/mol. The summed E-state index contributed by atoms with van der Waals surface area (Å²) in [5.74, 6) is 0.550. The van der Waals surface area contributed by atoms with Crippen LogP contribution in [0.15, 0.2) is 53.4 Å². The largest absolute Gasteiger partial charge is 0.497 e. The number of methoxy groups -OCH3 is 1. The predicted molar refractivity (Wildman–Crippen MR) is 106 cm³/mol. The molecule has 0 saturated carbocycles. The first-order chi connectivity index (χ1) is 12.9. The van der Waals surface area contributed by atoms with Gasteiger partial charge in [0.05, 0.1) is 12.0 Å². The molecule has 0 saturated heterocycles. The maximum absolute atomic E-state index is 12.5. The summed E-state index contributed by atoms with van der Waals surface area (Å²) in [6, 6.07) is 13.7. The molecular formula is C20H26N2O4S. The summed E-state index contributed by atoms with van der Waals surface area (Å²) < 4.78 is 31.5. The molecule has 7 heteroatoms. The number of nitrogens with one attached hydrogen (secondary N) is 1. The van der Waals surface area contributed by atoms with Crippen LogP contribution in [-0.2, 0) is 16.4 Å². The Kier molecular flexibility index (Phi) is 7.38. The topological polar surface area (TPSA) is 75.7 Å². The van der Waals surface area contributed by atoms with Crippen molar-refractivity contribution in [1.29, 1.82) is 0 Å². The molecule has 146 valence electrons. The van der Waals surface area contributed by atoms with Crippen LogP contribution in [0.3, 0.4) is 0 Å². The van der Waals surface area contributed by atoms with Crippen LogP contribution in [-0.4, -0.2) is 45.4 Å². The molecule has 0 aromatic heterocycles. The molecule has 1 N–H and O–H groups in total. The van der Waals surface area contributed by atoms with Crippen molar-refractivity contribution in [3.05, 3.63) is 59.7 Å². The fraction of sp³-hybridized carbons (Fsp3) is 0.350. The zero-order valence-electron chi connectivity index (χ0n) is 15.9. The van der Waals surface area contributed by atoms with E-state index in [0.717, 1.165) is 11.3 Å². The molecule has 0 heterocycles. The smallest absolute Gasteiger partial charge is 0.251 e. The van der Waals surface area contributed by atoms with E-state index in [4.69, 9.17) is 4.74 Å². The molecule has 2 rings (SSSR count). The standard InChI is InChI=1S/C20H26N2O4S/c1-4-22(5-2)27(24,25)19-11-9-17(10-12-19)20(23)21-14-13-16-7-6-8-18(15-16)26-3/h6-12,15H,4-5,13-14H2,1-3H3,(H,21,23). The normalized spacial score (nSPS) is 11.4. The summed E-state index contributed by atoms with van der Waals surface area (Å²) in [4.78, 5) is 12.5. The lowest BCUT2D eigenvalue weighted by Gasteiger charge is -2.18. The number of rotatable bonds is 9. The van der Waals surface area contributed by atoms with E-state index in [0.29, 0.717) is 31.6 Å². The second-order valence-corrected chi connectivity index (χ2v) is 7.91. The van der Waals surface area contributed by atoms with Gasteiger partial charge < -0.3 is 10.1 Å². The van der Waals surface area contributed by atoms with Crippen molar-refractivity contribution in [3.63, 3.8) is 0 Å². The van der Waals surface area contributed by atoms with Crippen LogP contribution in [0.4, 0.5) is 0 Å². The molecule has 0 fully saturated rings. The summed E-state index contributed by atoms with van der Waals surface area (Å²) in [5, 5.41) is 2.85. The number of carbonyl (C=O) groups is 1. The van der Waals surface area contributed by atoms with Crippen molar-refractivity contribution in [2.24, 2.45) is 0 Å².